The van der Waals surface area contributed by atoms with Crippen LogP contribution in [0, 0.1) is 27.7 Å². The van der Waals surface area contributed by atoms with Crippen molar-refractivity contribution in [3.63, 3.8) is 0 Å². The molecule has 0 radical (unpaired) electrons. The third kappa shape index (κ3) is 6.02. The number of pyridine rings is 1. The number of nitrogens with zero attached hydrogens (tertiary/aromatic N) is 1. The average Bonchev–Trinajstić information content (AvgIpc) is 2.83. The second-order valence-electron chi connectivity index (χ2n) is 9.43. The van der Waals surface area contributed by atoms with Crippen LogP contribution in [0.15, 0.2) is 48.7 Å². The lowest BCUT2D eigenvalue weighted by Gasteiger charge is -2.27. The van der Waals surface area contributed by atoms with E-state index in [9.17, 15) is 19.9 Å². The van der Waals surface area contributed by atoms with Crippen LogP contribution >= 0.6 is 0 Å². The zero-order chi connectivity index (χ0) is 27.4. The van der Waals surface area contributed by atoms with Gasteiger partial charge in [-0.15, -0.1) is 0 Å². The number of carbonyl (C=O) groups excluding carboxylic acids is 2. The van der Waals surface area contributed by atoms with Crippen LogP contribution in [-0.2, 0) is 9.53 Å². The minimum Gasteiger partial charge on any atom is -0.499 e. The van der Waals surface area contributed by atoms with Gasteiger partial charge in [0.15, 0.2) is 5.75 Å². The van der Waals surface area contributed by atoms with E-state index in [2.05, 4.69) is 29.6 Å². The fourth-order valence-electron chi connectivity index (χ4n) is 4.22. The lowest BCUT2D eigenvalue weighted by Crippen LogP contribution is -2.47. The molecule has 0 spiro atoms. The molecule has 37 heavy (non-hydrogen) atoms. The summed E-state index contributed by atoms with van der Waals surface area (Å²) < 4.78 is 11.3. The normalized spacial score (nSPS) is 12.6. The molecule has 3 aromatic rings. The Kier molecular flexibility index (Phi) is 8.42. The third-order valence-electron chi connectivity index (χ3n) is 6.74. The maximum Gasteiger partial charge on any atom is 0.366 e. The van der Waals surface area contributed by atoms with E-state index in [-0.39, 0.29) is 11.7 Å². The maximum absolute atomic E-state index is 13.0. The molecule has 0 saturated heterocycles. The summed E-state index contributed by atoms with van der Waals surface area (Å²) in [6, 6.07) is 12.7. The lowest BCUT2D eigenvalue weighted by molar-refractivity contribution is -0.906. The molecule has 1 amide bonds. The van der Waals surface area contributed by atoms with Crippen molar-refractivity contribution in [2.45, 2.75) is 59.6 Å². The minimum atomic E-state index is -1.05. The molecule has 0 bridgehead atoms. The van der Waals surface area contributed by atoms with Gasteiger partial charge in [-0.25, -0.2) is 4.79 Å². The molecule has 0 unspecified atom stereocenters. The smallest absolute Gasteiger partial charge is 0.366 e. The van der Waals surface area contributed by atoms with E-state index in [1.165, 1.54) is 31.2 Å². The first-order valence-electron chi connectivity index (χ1n) is 12.1. The number of hydrogen-bond acceptors (Lipinski definition) is 6. The predicted octanol–water partition coefficient (Wildman–Crippen LogP) is 4.04. The number of esters is 1. The molecule has 0 aliphatic rings. The highest BCUT2D eigenvalue weighted by molar-refractivity contribution is 5.96. The molecule has 196 valence electrons. The average molecular weight is 508 g/mol. The molecule has 2 atom stereocenters. The summed E-state index contributed by atoms with van der Waals surface area (Å²) in [7, 11) is 1.32. The van der Waals surface area contributed by atoms with Gasteiger partial charge < -0.3 is 19.9 Å². The Morgan fingerprint density at radius 3 is 1.92 bits per heavy atom. The Morgan fingerprint density at radius 2 is 1.43 bits per heavy atom. The zero-order valence-electron chi connectivity index (χ0n) is 22.3. The number of rotatable bonds is 8. The number of ether oxygens (including phenoxy) is 2. The molecule has 0 saturated carbocycles. The summed E-state index contributed by atoms with van der Waals surface area (Å²) in [5.74, 6) is -2.29. The van der Waals surface area contributed by atoms with E-state index in [1.54, 1.807) is 0 Å². The second-order valence-corrected chi connectivity index (χ2v) is 9.43. The first-order chi connectivity index (χ1) is 17.4. The van der Waals surface area contributed by atoms with Crippen molar-refractivity contribution < 1.29 is 34.1 Å². The number of aromatic nitrogens is 1. The van der Waals surface area contributed by atoms with E-state index in [4.69, 9.17) is 9.47 Å². The molecule has 8 nitrogen and oxygen atoms in total. The van der Waals surface area contributed by atoms with Gasteiger partial charge >= 0.3 is 17.6 Å². The van der Waals surface area contributed by atoms with Crippen LogP contribution in [0.25, 0.3) is 0 Å². The standard InChI is InChI=1S/C29H34N2O6/c1-16-8-10-22(14-18(16)3)25(23-11-9-17(2)19(4)15-23)21(6)37-29(34)20(5)30-28(33)26-27(32)24(36-7)12-13-31(26)35/h8-15,20-21,25H,1-7H3,(H2-,30,32,33,35)/p+1/t20-,21-/m0/s1. The Bertz CT molecular complexity index is 1270. The van der Waals surface area contributed by atoms with Gasteiger partial charge in [-0.2, -0.15) is 0 Å². The highest BCUT2D eigenvalue weighted by atomic mass is 16.5. The molecule has 3 N–H and O–H groups in total. The summed E-state index contributed by atoms with van der Waals surface area (Å²) in [6.07, 6.45) is 0.597. The largest absolute Gasteiger partial charge is 0.499 e. The van der Waals surface area contributed by atoms with Crippen LogP contribution in [0.5, 0.6) is 11.5 Å². The number of amides is 1. The molecule has 3 rings (SSSR count). The molecule has 0 fully saturated rings. The second kappa shape index (κ2) is 11.3. The first kappa shape index (κ1) is 27.5. The van der Waals surface area contributed by atoms with Gasteiger partial charge in [-0.05, 0) is 74.9 Å². The van der Waals surface area contributed by atoms with Crippen molar-refractivity contribution in [1.82, 2.24) is 5.32 Å². The van der Waals surface area contributed by atoms with Gasteiger partial charge in [0.05, 0.1) is 13.2 Å². The van der Waals surface area contributed by atoms with Gasteiger partial charge in [0.25, 0.3) is 0 Å². The van der Waals surface area contributed by atoms with Crippen LogP contribution in [0.3, 0.4) is 0 Å². The quantitative estimate of drug-likeness (QED) is 0.241. The molecule has 0 aliphatic heterocycles. The summed E-state index contributed by atoms with van der Waals surface area (Å²) >= 11 is 0. The number of aromatic hydroxyl groups is 1. The van der Waals surface area contributed by atoms with Crippen LogP contribution in [0.1, 0.15) is 63.6 Å². The first-order valence-corrected chi connectivity index (χ1v) is 12.1. The maximum atomic E-state index is 13.0. The van der Waals surface area contributed by atoms with Crippen molar-refractivity contribution in [2.75, 3.05) is 7.11 Å². The van der Waals surface area contributed by atoms with Gasteiger partial charge in [-0.3, -0.25) is 10.0 Å². The third-order valence-corrected chi connectivity index (χ3v) is 6.74. The summed E-state index contributed by atoms with van der Waals surface area (Å²) in [5, 5.41) is 22.8. The number of benzene rings is 2. The number of carbonyl (C=O) groups is 2. The fraction of sp³-hybridized carbons (Fsp3) is 0.345. The predicted molar refractivity (Wildman–Crippen MR) is 138 cm³/mol. The van der Waals surface area contributed by atoms with E-state index in [0.29, 0.717) is 4.73 Å². The van der Waals surface area contributed by atoms with Crippen LogP contribution < -0.4 is 14.8 Å². The van der Waals surface area contributed by atoms with Gasteiger partial charge in [0, 0.05) is 10.6 Å². The Hall–Kier alpha value is -4.07. The van der Waals surface area contributed by atoms with Crippen molar-refractivity contribution in [3.05, 3.63) is 87.7 Å². The number of hydrogen-bond donors (Lipinski definition) is 3. The highest BCUT2D eigenvalue weighted by Crippen LogP contribution is 2.32. The fourth-order valence-corrected chi connectivity index (χ4v) is 4.22. The number of aryl methyl sites for hydroxylation is 4. The van der Waals surface area contributed by atoms with Crippen molar-refractivity contribution in [3.8, 4) is 11.5 Å². The van der Waals surface area contributed by atoms with Gasteiger partial charge in [-0.1, -0.05) is 36.4 Å². The number of methoxy groups -OCH3 is 1. The van der Waals surface area contributed by atoms with E-state index >= 15 is 0 Å². The van der Waals surface area contributed by atoms with Gasteiger partial charge in [0.2, 0.25) is 11.9 Å². The van der Waals surface area contributed by atoms with E-state index < -0.39 is 35.5 Å². The molecule has 0 aliphatic carbocycles. The van der Waals surface area contributed by atoms with Crippen LogP contribution in [-0.4, -0.2) is 41.4 Å². The Balaban J connectivity index is 1.84. The summed E-state index contributed by atoms with van der Waals surface area (Å²) in [4.78, 5) is 25.8. The topological polar surface area (TPSA) is 109 Å². The van der Waals surface area contributed by atoms with Crippen LogP contribution in [0.4, 0.5) is 0 Å². The van der Waals surface area contributed by atoms with Gasteiger partial charge in [0.1, 0.15) is 12.1 Å². The SMILES string of the molecule is COc1cc[n+](O)c(C(=O)N[C@@H](C)C(=O)O[C@@H](C)C(c2ccc(C)c(C)c2)c2ccc(C)c(C)c2)c1O. The Morgan fingerprint density at radius 1 is 0.892 bits per heavy atom. The van der Waals surface area contributed by atoms with Crippen LogP contribution in [0.2, 0.25) is 0 Å². The monoisotopic (exact) mass is 507 g/mol. The summed E-state index contributed by atoms with van der Waals surface area (Å²) in [5.41, 5.74) is 6.20. The Labute approximate surface area is 217 Å². The molecule has 1 heterocycles. The zero-order valence-corrected chi connectivity index (χ0v) is 22.3. The molecule has 8 heteroatoms. The number of nitrogens with one attached hydrogen (secondary N) is 1. The molecule has 1 aromatic heterocycles. The highest BCUT2D eigenvalue weighted by Gasteiger charge is 2.33. The van der Waals surface area contributed by atoms with Crippen molar-refractivity contribution >= 4 is 11.9 Å². The van der Waals surface area contributed by atoms with Crippen molar-refractivity contribution in [2.24, 2.45) is 0 Å². The molecule has 2 aromatic carbocycles. The molecular weight excluding hydrogens is 472 g/mol. The minimum absolute atomic E-state index is 0.00364. The lowest BCUT2D eigenvalue weighted by atomic mass is 9.84. The molecular formula is C29H35N2O6+. The van der Waals surface area contributed by atoms with E-state index in [1.807, 2.05) is 46.8 Å². The van der Waals surface area contributed by atoms with Crippen molar-refractivity contribution in [1.29, 1.82) is 0 Å². The van der Waals surface area contributed by atoms with E-state index in [0.717, 1.165) is 28.5 Å². The summed E-state index contributed by atoms with van der Waals surface area (Å²) in [6.45, 7) is 11.5.